The number of nitrogens with one attached hydrogen (secondary N) is 2. The normalized spacial score (nSPS) is 24.7. The molecule has 0 atom stereocenters. The summed E-state index contributed by atoms with van der Waals surface area (Å²) in [5.41, 5.74) is 0.993. The molecule has 28 heavy (non-hydrogen) atoms. The fourth-order valence-electron chi connectivity index (χ4n) is 4.12. The number of carbonyl (C=O) groups is 1. The molecule has 3 saturated carbocycles. The molecule has 0 unspecified atom stereocenters. The summed E-state index contributed by atoms with van der Waals surface area (Å²) in [6.45, 7) is 0.554. The number of benzene rings is 1. The predicted molar refractivity (Wildman–Crippen MR) is 102 cm³/mol. The summed E-state index contributed by atoms with van der Waals surface area (Å²) in [6, 6.07) is 6.06. The molecule has 5 rings (SSSR count). The molecule has 0 aliphatic heterocycles. The number of amides is 1. The van der Waals surface area contributed by atoms with Crippen molar-refractivity contribution in [2.75, 3.05) is 13.7 Å². The zero-order valence-electron chi connectivity index (χ0n) is 15.4. The van der Waals surface area contributed by atoms with Gasteiger partial charge in [-0.25, -0.2) is 4.39 Å². The highest BCUT2D eigenvalue weighted by molar-refractivity contribution is 6.30. The first-order valence-corrected chi connectivity index (χ1v) is 9.41. The van der Waals surface area contributed by atoms with Crippen molar-refractivity contribution in [2.24, 2.45) is 0 Å². The zero-order chi connectivity index (χ0) is 19.8. The number of carbonyl (C=O) groups excluding carboxylic acids is 1. The first-order valence-electron chi connectivity index (χ1n) is 9.03. The minimum absolute atomic E-state index is 0.0215. The van der Waals surface area contributed by atoms with Crippen molar-refractivity contribution in [3.8, 4) is 11.5 Å². The molecule has 3 aliphatic rings. The van der Waals surface area contributed by atoms with Gasteiger partial charge >= 0.3 is 0 Å². The molecule has 0 radical (unpaired) electrons. The second kappa shape index (κ2) is 7.22. The van der Waals surface area contributed by atoms with E-state index in [1.165, 1.54) is 18.2 Å². The summed E-state index contributed by atoms with van der Waals surface area (Å²) in [4.78, 5) is 16.3. The Bertz CT molecular complexity index is 888. The third kappa shape index (κ3) is 3.77. The van der Waals surface area contributed by atoms with E-state index in [1.54, 1.807) is 13.3 Å². The summed E-state index contributed by atoms with van der Waals surface area (Å²) in [5, 5.41) is 6.63. The molecule has 1 heterocycles. The average molecular weight is 406 g/mol. The van der Waals surface area contributed by atoms with Crippen LogP contribution in [0.5, 0.6) is 11.5 Å². The number of hydrogen-bond donors (Lipinski definition) is 2. The van der Waals surface area contributed by atoms with Crippen molar-refractivity contribution < 1.29 is 18.7 Å². The molecule has 3 aliphatic carbocycles. The molecule has 1 aromatic carbocycles. The molecular formula is C20H21ClFN3O3. The van der Waals surface area contributed by atoms with E-state index < -0.39 is 5.82 Å². The zero-order valence-corrected chi connectivity index (χ0v) is 16.2. The Morgan fingerprint density at radius 2 is 2.00 bits per heavy atom. The van der Waals surface area contributed by atoms with Gasteiger partial charge in [0.15, 0.2) is 6.61 Å². The van der Waals surface area contributed by atoms with E-state index in [0.29, 0.717) is 6.54 Å². The Balaban J connectivity index is 1.21. The fraction of sp³-hybridized carbons (Fsp3) is 0.400. The number of ether oxygens (including phenoxy) is 2. The molecule has 0 saturated heterocycles. The van der Waals surface area contributed by atoms with E-state index in [0.717, 1.165) is 30.6 Å². The third-order valence-electron chi connectivity index (χ3n) is 5.37. The topological polar surface area (TPSA) is 72.5 Å². The molecule has 3 fully saturated rings. The highest BCUT2D eigenvalue weighted by Crippen LogP contribution is 2.60. The van der Waals surface area contributed by atoms with E-state index in [1.807, 2.05) is 12.3 Å². The van der Waals surface area contributed by atoms with Gasteiger partial charge in [0.05, 0.1) is 18.3 Å². The summed E-state index contributed by atoms with van der Waals surface area (Å²) in [5.74, 6) is 0.236. The Kier molecular flexibility index (Phi) is 4.89. The quantitative estimate of drug-likeness (QED) is 0.706. The van der Waals surface area contributed by atoms with Crippen molar-refractivity contribution in [3.05, 3.63) is 53.1 Å². The summed E-state index contributed by atoms with van der Waals surface area (Å²) >= 11 is 5.63. The lowest BCUT2D eigenvalue weighted by molar-refractivity contribution is -0.143. The van der Waals surface area contributed by atoms with Gasteiger partial charge in [0.1, 0.15) is 17.3 Å². The summed E-state index contributed by atoms with van der Waals surface area (Å²) in [6.07, 6.45) is 6.15. The van der Waals surface area contributed by atoms with Crippen LogP contribution < -0.4 is 20.1 Å². The van der Waals surface area contributed by atoms with Crippen molar-refractivity contribution in [2.45, 2.75) is 36.9 Å². The molecule has 1 amide bonds. The standard InChI is InChI=1S/C20H21ClFN3O3/c1-27-15-4-13(6-23-8-15)7-24-19-10-20(11-19,12-19)25-18(26)9-28-14-2-3-16(21)17(22)5-14/h2-6,8,24H,7,9-12H2,1H3,(H,25,26). The average Bonchev–Trinajstić information content (AvgIpc) is 2.63. The van der Waals surface area contributed by atoms with Crippen LogP contribution in [0, 0.1) is 5.82 Å². The lowest BCUT2D eigenvalue weighted by atomic mass is 9.44. The van der Waals surface area contributed by atoms with Gasteiger partial charge in [0.2, 0.25) is 0 Å². The molecule has 0 spiro atoms. The SMILES string of the molecule is COc1cncc(CNC23CC(NC(=O)COc4ccc(Cl)c(F)c4)(C2)C3)c1. The highest BCUT2D eigenvalue weighted by atomic mass is 35.5. The van der Waals surface area contributed by atoms with Gasteiger partial charge in [0.25, 0.3) is 5.91 Å². The Labute approximate surface area is 167 Å². The van der Waals surface area contributed by atoms with Gasteiger partial charge in [0, 0.05) is 29.9 Å². The van der Waals surface area contributed by atoms with Crippen LogP contribution >= 0.6 is 11.6 Å². The van der Waals surface area contributed by atoms with Crippen LogP contribution in [0.1, 0.15) is 24.8 Å². The largest absolute Gasteiger partial charge is 0.495 e. The maximum atomic E-state index is 13.4. The maximum absolute atomic E-state index is 13.4. The van der Waals surface area contributed by atoms with E-state index in [-0.39, 0.29) is 34.4 Å². The van der Waals surface area contributed by atoms with Gasteiger partial charge in [-0.3, -0.25) is 9.78 Å². The Morgan fingerprint density at radius 3 is 2.71 bits per heavy atom. The van der Waals surface area contributed by atoms with Crippen molar-refractivity contribution in [1.29, 1.82) is 0 Å². The van der Waals surface area contributed by atoms with Crippen molar-refractivity contribution in [3.63, 3.8) is 0 Å². The number of nitrogens with zero attached hydrogens (tertiary/aromatic N) is 1. The number of pyridine rings is 1. The molecule has 2 bridgehead atoms. The van der Waals surface area contributed by atoms with Gasteiger partial charge in [-0.2, -0.15) is 0 Å². The highest BCUT2D eigenvalue weighted by Gasteiger charge is 2.68. The van der Waals surface area contributed by atoms with Crippen molar-refractivity contribution in [1.82, 2.24) is 15.6 Å². The molecular weight excluding hydrogens is 385 g/mol. The number of methoxy groups -OCH3 is 1. The molecule has 148 valence electrons. The first kappa shape index (κ1) is 19.0. The van der Waals surface area contributed by atoms with Crippen LogP contribution in [0.15, 0.2) is 36.7 Å². The smallest absolute Gasteiger partial charge is 0.258 e. The van der Waals surface area contributed by atoms with Crippen LogP contribution in [0.3, 0.4) is 0 Å². The van der Waals surface area contributed by atoms with Crippen LogP contribution in [-0.2, 0) is 11.3 Å². The van der Waals surface area contributed by atoms with Crippen LogP contribution in [-0.4, -0.2) is 35.7 Å². The van der Waals surface area contributed by atoms with E-state index in [4.69, 9.17) is 21.1 Å². The number of hydrogen-bond acceptors (Lipinski definition) is 5. The van der Waals surface area contributed by atoms with E-state index >= 15 is 0 Å². The minimum Gasteiger partial charge on any atom is -0.495 e. The molecule has 8 heteroatoms. The fourth-order valence-corrected chi connectivity index (χ4v) is 4.23. The summed E-state index contributed by atoms with van der Waals surface area (Å²) < 4.78 is 23.9. The van der Waals surface area contributed by atoms with Gasteiger partial charge < -0.3 is 20.1 Å². The lowest BCUT2D eigenvalue weighted by Gasteiger charge is -2.70. The Morgan fingerprint density at radius 1 is 1.21 bits per heavy atom. The van der Waals surface area contributed by atoms with Gasteiger partial charge in [-0.1, -0.05) is 11.6 Å². The molecule has 1 aromatic heterocycles. The molecule has 6 nitrogen and oxygen atoms in total. The first-order chi connectivity index (χ1) is 13.4. The predicted octanol–water partition coefficient (Wildman–Crippen LogP) is 2.84. The molecule has 2 aromatic rings. The number of halogens is 2. The van der Waals surface area contributed by atoms with E-state index in [2.05, 4.69) is 15.6 Å². The maximum Gasteiger partial charge on any atom is 0.258 e. The second-order valence-electron chi connectivity index (χ2n) is 7.59. The number of aromatic nitrogens is 1. The number of rotatable bonds is 8. The molecule has 2 N–H and O–H groups in total. The van der Waals surface area contributed by atoms with Crippen molar-refractivity contribution >= 4 is 17.5 Å². The lowest BCUT2D eigenvalue weighted by Crippen LogP contribution is -2.83. The third-order valence-corrected chi connectivity index (χ3v) is 5.68. The van der Waals surface area contributed by atoms with Gasteiger partial charge in [-0.15, -0.1) is 0 Å². The Hall–Kier alpha value is -2.38. The second-order valence-corrected chi connectivity index (χ2v) is 8.00. The van der Waals surface area contributed by atoms with Crippen LogP contribution in [0.2, 0.25) is 5.02 Å². The monoisotopic (exact) mass is 405 g/mol. The van der Waals surface area contributed by atoms with E-state index in [9.17, 15) is 9.18 Å². The van der Waals surface area contributed by atoms with Crippen LogP contribution in [0.25, 0.3) is 0 Å². The van der Waals surface area contributed by atoms with Gasteiger partial charge in [-0.05, 0) is 43.0 Å². The van der Waals surface area contributed by atoms with Crippen LogP contribution in [0.4, 0.5) is 4.39 Å². The minimum atomic E-state index is -0.571. The summed E-state index contributed by atoms with van der Waals surface area (Å²) in [7, 11) is 1.62.